The molecular weight excluding hydrogens is 458 g/mol. The van der Waals surface area contributed by atoms with E-state index in [-0.39, 0.29) is 35.6 Å². The van der Waals surface area contributed by atoms with E-state index in [2.05, 4.69) is 22.4 Å². The van der Waals surface area contributed by atoms with E-state index in [0.29, 0.717) is 5.69 Å². The van der Waals surface area contributed by atoms with E-state index in [9.17, 15) is 19.5 Å². The van der Waals surface area contributed by atoms with Crippen molar-refractivity contribution in [2.75, 3.05) is 25.0 Å². The minimum absolute atomic E-state index is 0.0762. The third-order valence-corrected chi connectivity index (χ3v) is 7.19. The van der Waals surface area contributed by atoms with Crippen LogP contribution >= 0.6 is 11.3 Å². The number of anilines is 1. The van der Waals surface area contributed by atoms with Gasteiger partial charge >= 0.3 is 12.1 Å². The molecule has 0 unspecified atom stereocenters. The van der Waals surface area contributed by atoms with Crippen LogP contribution in [0.4, 0.5) is 9.93 Å². The van der Waals surface area contributed by atoms with E-state index < -0.39 is 23.6 Å². The number of fused-ring (bicyclic) bond motifs is 3. The molecule has 0 bridgehead atoms. The molecule has 9 nitrogen and oxygen atoms in total. The molecule has 1 fully saturated rings. The number of benzene rings is 2. The quantitative estimate of drug-likeness (QED) is 0.513. The number of carboxylic acids is 1. The maximum atomic E-state index is 12.6. The number of nitrogens with zero attached hydrogens (tertiary/aromatic N) is 2. The van der Waals surface area contributed by atoms with E-state index in [1.165, 1.54) is 4.90 Å². The molecule has 0 spiro atoms. The topological polar surface area (TPSA) is 129 Å². The first-order valence-corrected chi connectivity index (χ1v) is 11.4. The largest absolute Gasteiger partial charge is 0.479 e. The summed E-state index contributed by atoms with van der Waals surface area (Å²) in [6, 6.07) is 16.1. The van der Waals surface area contributed by atoms with E-state index in [1.807, 2.05) is 36.4 Å². The van der Waals surface area contributed by atoms with Gasteiger partial charge in [0.2, 0.25) is 0 Å². The van der Waals surface area contributed by atoms with Crippen LogP contribution in [0.15, 0.2) is 48.5 Å². The Balaban J connectivity index is 1.23. The van der Waals surface area contributed by atoms with E-state index in [0.717, 1.165) is 33.6 Å². The first-order valence-electron chi connectivity index (χ1n) is 10.6. The lowest BCUT2D eigenvalue weighted by atomic mass is 9.94. The van der Waals surface area contributed by atoms with Crippen LogP contribution in [-0.2, 0) is 9.53 Å². The van der Waals surface area contributed by atoms with Gasteiger partial charge in [-0.1, -0.05) is 59.9 Å². The summed E-state index contributed by atoms with van der Waals surface area (Å²) in [4.78, 5) is 41.9. The molecule has 34 heavy (non-hydrogen) atoms. The summed E-state index contributed by atoms with van der Waals surface area (Å²) >= 11 is 0.974. The lowest BCUT2D eigenvalue weighted by molar-refractivity contribution is -0.173. The number of rotatable bonds is 5. The van der Waals surface area contributed by atoms with Gasteiger partial charge in [0.05, 0.1) is 18.8 Å². The molecule has 1 aromatic heterocycles. The molecule has 10 heteroatoms. The van der Waals surface area contributed by atoms with Gasteiger partial charge in [-0.25, -0.2) is 14.6 Å². The number of amides is 2. The summed E-state index contributed by atoms with van der Waals surface area (Å²) in [7, 11) is 0. The molecule has 0 atom stereocenters. The van der Waals surface area contributed by atoms with Gasteiger partial charge in [0.1, 0.15) is 11.5 Å². The van der Waals surface area contributed by atoms with Crippen molar-refractivity contribution in [1.29, 1.82) is 0 Å². The molecule has 3 aromatic rings. The average Bonchev–Trinajstić information content (AvgIpc) is 3.32. The molecule has 2 aliphatic rings. The van der Waals surface area contributed by atoms with Crippen molar-refractivity contribution in [1.82, 2.24) is 9.88 Å². The molecular formula is C24H21N3O6S. The number of hydrogen-bond donors (Lipinski definition) is 3. The number of β-amino-alcohol motifs (C(OH)–C–C–N with tert-alkyl or cyclic N) is 1. The smallest absolute Gasteiger partial charge is 0.413 e. The zero-order chi connectivity index (χ0) is 24.0. The van der Waals surface area contributed by atoms with Crippen LogP contribution in [0, 0.1) is 6.92 Å². The number of aryl methyl sites for hydroxylation is 1. The van der Waals surface area contributed by atoms with Crippen molar-refractivity contribution in [3.63, 3.8) is 0 Å². The minimum Gasteiger partial charge on any atom is -0.479 e. The van der Waals surface area contributed by atoms with Crippen LogP contribution in [0.25, 0.3) is 11.1 Å². The monoisotopic (exact) mass is 479 g/mol. The molecule has 3 N–H and O–H groups in total. The van der Waals surface area contributed by atoms with Crippen LogP contribution in [0.3, 0.4) is 0 Å². The zero-order valence-corrected chi connectivity index (χ0v) is 19.0. The van der Waals surface area contributed by atoms with Crippen LogP contribution in [0.5, 0.6) is 0 Å². The number of hydrogen-bond acceptors (Lipinski definition) is 7. The number of thiazole rings is 1. The predicted octanol–water partition coefficient (Wildman–Crippen LogP) is 3.08. The third kappa shape index (κ3) is 3.70. The number of likely N-dealkylation sites (tertiary alicyclic amines) is 1. The standard InChI is InChI=1S/C24H21N3O6S/c1-13-19(20(28)27-11-24(32,12-27)21(29)30)34-22(25-13)26-23(31)33-10-18-16-8-4-2-6-14(16)15-7-3-5-9-17(15)18/h2-9,18,32H,10-12H2,1H3,(H,29,30)(H,25,26,31). The van der Waals surface area contributed by atoms with Gasteiger partial charge < -0.3 is 19.8 Å². The SMILES string of the molecule is Cc1nc(NC(=O)OCC2c3ccccc3-c3ccccc32)sc1C(=O)N1CC(O)(C(=O)O)C1. The first-order chi connectivity index (χ1) is 16.3. The second kappa shape index (κ2) is 8.23. The number of carbonyl (C=O) groups excluding carboxylic acids is 2. The fourth-order valence-electron chi connectivity index (χ4n) is 4.38. The maximum absolute atomic E-state index is 12.6. The number of aromatic nitrogens is 1. The second-order valence-electron chi connectivity index (χ2n) is 8.38. The van der Waals surface area contributed by atoms with Gasteiger partial charge in [-0.3, -0.25) is 10.1 Å². The van der Waals surface area contributed by atoms with Crippen LogP contribution < -0.4 is 5.32 Å². The molecule has 1 aliphatic carbocycles. The van der Waals surface area contributed by atoms with Crippen molar-refractivity contribution in [3.05, 3.63) is 70.2 Å². The summed E-state index contributed by atoms with van der Waals surface area (Å²) in [5.41, 5.74) is 2.94. The van der Waals surface area contributed by atoms with Crippen LogP contribution in [0.1, 0.15) is 32.4 Å². The molecule has 2 amide bonds. The highest BCUT2D eigenvalue weighted by Gasteiger charge is 2.50. The Kier molecular flexibility index (Phi) is 5.34. The van der Waals surface area contributed by atoms with Gasteiger partial charge in [-0.2, -0.15) is 0 Å². The normalized spacial score (nSPS) is 15.8. The van der Waals surface area contributed by atoms with Crippen molar-refractivity contribution < 1.29 is 29.3 Å². The molecule has 174 valence electrons. The van der Waals surface area contributed by atoms with Crippen LogP contribution in [-0.4, -0.2) is 63.4 Å². The Hall–Kier alpha value is -3.76. The molecule has 0 radical (unpaired) electrons. The van der Waals surface area contributed by atoms with Gasteiger partial charge in [0, 0.05) is 5.92 Å². The van der Waals surface area contributed by atoms with Gasteiger partial charge in [0.15, 0.2) is 10.7 Å². The lowest BCUT2D eigenvalue weighted by Crippen LogP contribution is -2.67. The fourth-order valence-corrected chi connectivity index (χ4v) is 5.30. The number of aliphatic hydroxyl groups is 1. The Morgan fingerprint density at radius 2 is 1.71 bits per heavy atom. The molecule has 5 rings (SSSR count). The highest BCUT2D eigenvalue weighted by atomic mass is 32.1. The van der Waals surface area contributed by atoms with Gasteiger partial charge in [0.25, 0.3) is 5.91 Å². The number of nitrogens with one attached hydrogen (secondary N) is 1. The summed E-state index contributed by atoms with van der Waals surface area (Å²) in [5.74, 6) is -1.88. The molecule has 2 aromatic carbocycles. The second-order valence-corrected chi connectivity index (χ2v) is 9.38. The van der Waals surface area contributed by atoms with Crippen molar-refractivity contribution in [3.8, 4) is 11.1 Å². The highest BCUT2D eigenvalue weighted by molar-refractivity contribution is 7.17. The summed E-state index contributed by atoms with van der Waals surface area (Å²) < 4.78 is 5.51. The van der Waals surface area contributed by atoms with Crippen molar-refractivity contribution in [2.24, 2.45) is 0 Å². The summed E-state index contributed by atoms with van der Waals surface area (Å²) in [6.07, 6.45) is -0.682. The van der Waals surface area contributed by atoms with Crippen molar-refractivity contribution in [2.45, 2.75) is 18.4 Å². The zero-order valence-electron chi connectivity index (χ0n) is 18.1. The van der Waals surface area contributed by atoms with Crippen molar-refractivity contribution >= 4 is 34.4 Å². The molecule has 0 saturated carbocycles. The molecule has 1 saturated heterocycles. The van der Waals surface area contributed by atoms with Crippen LogP contribution in [0.2, 0.25) is 0 Å². The number of carbonyl (C=O) groups is 3. The van der Waals surface area contributed by atoms with Gasteiger partial charge in [-0.05, 0) is 29.2 Å². The fraction of sp³-hybridized carbons (Fsp3) is 0.250. The number of ether oxygens (including phenoxy) is 1. The van der Waals surface area contributed by atoms with E-state index in [4.69, 9.17) is 9.84 Å². The van der Waals surface area contributed by atoms with Gasteiger partial charge in [-0.15, -0.1) is 0 Å². The Labute approximate surface area is 198 Å². The summed E-state index contributed by atoms with van der Waals surface area (Å²) in [5, 5.41) is 21.6. The average molecular weight is 480 g/mol. The lowest BCUT2D eigenvalue weighted by Gasteiger charge is -2.42. The number of aliphatic carboxylic acids is 1. The highest BCUT2D eigenvalue weighted by Crippen LogP contribution is 2.44. The summed E-state index contributed by atoms with van der Waals surface area (Å²) in [6.45, 7) is 1.18. The van der Waals surface area contributed by atoms with E-state index in [1.54, 1.807) is 6.92 Å². The van der Waals surface area contributed by atoms with E-state index >= 15 is 0 Å². The Bertz CT molecular complexity index is 1270. The number of carboxylic acid groups (broad SMARTS) is 1. The first kappa shape index (κ1) is 22.1. The molecule has 2 heterocycles. The third-order valence-electron chi connectivity index (χ3n) is 6.13. The minimum atomic E-state index is -1.92. The Morgan fingerprint density at radius 1 is 1.12 bits per heavy atom. The Morgan fingerprint density at radius 3 is 2.29 bits per heavy atom. The maximum Gasteiger partial charge on any atom is 0.413 e. The predicted molar refractivity (Wildman–Crippen MR) is 124 cm³/mol. The molecule has 1 aliphatic heterocycles.